The van der Waals surface area contributed by atoms with Crippen molar-refractivity contribution in [1.82, 2.24) is 0 Å². The first kappa shape index (κ1) is 17.8. The molecule has 0 atom stereocenters. The Balaban J connectivity index is 1.60. The zero-order valence-corrected chi connectivity index (χ0v) is 15.1. The smallest absolute Gasteiger partial charge is 0.338 e. The Bertz CT molecular complexity index is 790. The molecule has 128 valence electrons. The van der Waals surface area contributed by atoms with Crippen LogP contribution in [0.1, 0.15) is 26.3 Å². The summed E-state index contributed by atoms with van der Waals surface area (Å²) in [5.41, 5.74) is 1.93. The minimum Gasteiger partial charge on any atom is -0.454 e. The van der Waals surface area contributed by atoms with Crippen LogP contribution in [-0.4, -0.2) is 35.0 Å². The highest BCUT2D eigenvalue weighted by atomic mass is 32.2. The fourth-order valence-corrected chi connectivity index (χ4v) is 4.32. The van der Waals surface area contributed by atoms with Gasteiger partial charge in [-0.1, -0.05) is 72.1 Å². The predicted octanol–water partition coefficient (Wildman–Crippen LogP) is 4.06. The van der Waals surface area contributed by atoms with Crippen molar-refractivity contribution in [3.63, 3.8) is 0 Å². The number of benzene rings is 2. The van der Waals surface area contributed by atoms with Crippen LogP contribution in [0.15, 0.2) is 59.6 Å². The molecule has 1 aliphatic heterocycles. The third-order valence-electron chi connectivity index (χ3n) is 3.58. The first-order chi connectivity index (χ1) is 12.2. The van der Waals surface area contributed by atoms with Gasteiger partial charge >= 0.3 is 5.97 Å². The first-order valence-corrected chi connectivity index (χ1v) is 9.84. The Morgan fingerprint density at radius 2 is 1.84 bits per heavy atom. The number of hydrogen-bond acceptors (Lipinski definition) is 6. The molecule has 2 aromatic carbocycles. The zero-order valence-electron chi connectivity index (χ0n) is 13.5. The molecule has 3 rings (SSSR count). The van der Waals surface area contributed by atoms with E-state index in [9.17, 15) is 9.59 Å². The summed E-state index contributed by atoms with van der Waals surface area (Å²) in [4.78, 5) is 28.8. The van der Waals surface area contributed by atoms with Gasteiger partial charge in [0.2, 0.25) is 0 Å². The summed E-state index contributed by atoms with van der Waals surface area (Å²) < 4.78 is 6.28. The molecular weight excluding hydrogens is 354 g/mol. The van der Waals surface area contributed by atoms with Crippen LogP contribution in [0.2, 0.25) is 0 Å². The van der Waals surface area contributed by atoms with E-state index in [1.807, 2.05) is 18.2 Å². The van der Waals surface area contributed by atoms with Crippen LogP contribution in [0, 0.1) is 0 Å². The van der Waals surface area contributed by atoms with Crippen molar-refractivity contribution in [2.75, 3.05) is 18.9 Å². The lowest BCUT2D eigenvalue weighted by molar-refractivity contribution is 0.0474. The van der Waals surface area contributed by atoms with Gasteiger partial charge < -0.3 is 4.74 Å². The van der Waals surface area contributed by atoms with Gasteiger partial charge in [-0.25, -0.2) is 4.79 Å². The highest BCUT2D eigenvalue weighted by Crippen LogP contribution is 2.26. The maximum absolute atomic E-state index is 12.4. The van der Waals surface area contributed by atoms with Gasteiger partial charge in [0.05, 0.1) is 12.1 Å². The van der Waals surface area contributed by atoms with Crippen molar-refractivity contribution in [3.05, 3.63) is 71.3 Å². The van der Waals surface area contributed by atoms with Gasteiger partial charge in [0, 0.05) is 17.1 Å². The van der Waals surface area contributed by atoms with E-state index in [4.69, 9.17) is 4.74 Å². The van der Waals surface area contributed by atoms with Gasteiger partial charge in [-0.3, -0.25) is 9.79 Å². The molecule has 0 N–H and O–H groups in total. The normalized spacial score (nSPS) is 13.4. The average molecular weight is 371 g/mol. The molecule has 0 unspecified atom stereocenters. The molecule has 0 fully saturated rings. The van der Waals surface area contributed by atoms with Crippen LogP contribution in [0.4, 0.5) is 0 Å². The van der Waals surface area contributed by atoms with Crippen molar-refractivity contribution in [1.29, 1.82) is 0 Å². The maximum Gasteiger partial charge on any atom is 0.338 e. The molecule has 6 heteroatoms. The summed E-state index contributed by atoms with van der Waals surface area (Å²) in [6.07, 6.45) is 0. The van der Waals surface area contributed by atoms with Crippen molar-refractivity contribution in [3.8, 4) is 0 Å². The molecule has 0 radical (unpaired) electrons. The molecule has 0 spiro atoms. The number of esters is 1. The van der Waals surface area contributed by atoms with Crippen LogP contribution >= 0.6 is 23.5 Å². The van der Waals surface area contributed by atoms with Crippen molar-refractivity contribution in [2.45, 2.75) is 5.75 Å². The second-order valence-electron chi connectivity index (χ2n) is 5.31. The van der Waals surface area contributed by atoms with E-state index < -0.39 is 5.97 Å². The number of carbonyl (C=O) groups is 2. The Hall–Kier alpha value is -2.05. The lowest BCUT2D eigenvalue weighted by Gasteiger charge is -2.09. The van der Waals surface area contributed by atoms with Gasteiger partial charge in [0.15, 0.2) is 12.4 Å². The molecule has 25 heavy (non-hydrogen) atoms. The van der Waals surface area contributed by atoms with E-state index in [0.29, 0.717) is 16.9 Å². The summed E-state index contributed by atoms with van der Waals surface area (Å²) >= 11 is 3.37. The van der Waals surface area contributed by atoms with E-state index in [-0.39, 0.29) is 12.4 Å². The quantitative estimate of drug-likeness (QED) is 0.566. The maximum atomic E-state index is 12.4. The van der Waals surface area contributed by atoms with Gasteiger partial charge in [0.25, 0.3) is 0 Å². The molecule has 0 amide bonds. The molecule has 0 saturated heterocycles. The summed E-state index contributed by atoms with van der Waals surface area (Å²) in [5, 5.41) is 0. The molecular formula is C19H17NO3S2. The van der Waals surface area contributed by atoms with Crippen LogP contribution in [0.25, 0.3) is 0 Å². The molecule has 4 nitrogen and oxygen atoms in total. The second-order valence-corrected chi connectivity index (χ2v) is 7.61. The number of ketones is 1. The lowest BCUT2D eigenvalue weighted by atomic mass is 10.1. The van der Waals surface area contributed by atoms with E-state index in [1.165, 1.54) is 0 Å². The molecule has 0 saturated carbocycles. The van der Waals surface area contributed by atoms with Gasteiger partial charge in [0.1, 0.15) is 4.38 Å². The number of ether oxygens (including phenoxy) is 1. The summed E-state index contributed by atoms with van der Waals surface area (Å²) in [5.74, 6) is 0.996. The van der Waals surface area contributed by atoms with Gasteiger partial charge in [-0.05, 0) is 11.6 Å². The van der Waals surface area contributed by atoms with Crippen molar-refractivity contribution < 1.29 is 14.3 Å². The Morgan fingerprint density at radius 3 is 2.60 bits per heavy atom. The number of nitrogens with zero attached hydrogens (tertiary/aromatic N) is 1. The van der Waals surface area contributed by atoms with Crippen LogP contribution in [0.3, 0.4) is 0 Å². The number of carbonyl (C=O) groups excluding carboxylic acids is 2. The fraction of sp³-hybridized carbons (Fsp3) is 0.211. The number of rotatable bonds is 6. The third-order valence-corrected chi connectivity index (χ3v) is 5.88. The lowest BCUT2D eigenvalue weighted by Crippen LogP contribution is -2.15. The summed E-state index contributed by atoms with van der Waals surface area (Å²) in [6.45, 7) is 0.602. The molecule has 1 heterocycles. The van der Waals surface area contributed by atoms with Crippen LogP contribution in [-0.2, 0) is 10.5 Å². The first-order valence-electron chi connectivity index (χ1n) is 7.87. The number of aliphatic imine (C=N–C) groups is 1. The van der Waals surface area contributed by atoms with E-state index >= 15 is 0 Å². The average Bonchev–Trinajstić information content (AvgIpc) is 3.18. The monoisotopic (exact) mass is 371 g/mol. The molecule has 2 aromatic rings. The Labute approximate surface area is 155 Å². The molecule has 0 bridgehead atoms. The minimum absolute atomic E-state index is 0.211. The molecule has 1 aliphatic rings. The Kier molecular flexibility index (Phi) is 6.30. The Morgan fingerprint density at radius 1 is 1.08 bits per heavy atom. The SMILES string of the molecule is O=C(COC(=O)c1ccccc1CSC1=NCCS1)c1ccccc1. The highest BCUT2D eigenvalue weighted by Gasteiger charge is 2.16. The summed E-state index contributed by atoms with van der Waals surface area (Å²) in [7, 11) is 0. The molecule has 0 aromatic heterocycles. The van der Waals surface area contributed by atoms with E-state index in [0.717, 1.165) is 22.2 Å². The third kappa shape index (κ3) is 4.96. The van der Waals surface area contributed by atoms with Crippen LogP contribution < -0.4 is 0 Å². The largest absolute Gasteiger partial charge is 0.454 e. The van der Waals surface area contributed by atoms with Gasteiger partial charge in [-0.2, -0.15) is 0 Å². The topological polar surface area (TPSA) is 55.7 Å². The minimum atomic E-state index is -0.471. The van der Waals surface area contributed by atoms with E-state index in [1.54, 1.807) is 59.9 Å². The van der Waals surface area contributed by atoms with Gasteiger partial charge in [-0.15, -0.1) is 0 Å². The second kappa shape index (κ2) is 8.87. The van der Waals surface area contributed by atoms with Crippen molar-refractivity contribution >= 4 is 39.7 Å². The number of hydrogen-bond donors (Lipinski definition) is 0. The van der Waals surface area contributed by atoms with Crippen molar-refractivity contribution in [2.24, 2.45) is 4.99 Å². The number of Topliss-reactive ketones (excluding diaryl/α,β-unsaturated/α-hetero) is 1. The molecule has 0 aliphatic carbocycles. The zero-order chi connectivity index (χ0) is 17.5. The highest BCUT2D eigenvalue weighted by molar-refractivity contribution is 8.38. The standard InChI is InChI=1S/C19H17NO3S2/c21-17(14-6-2-1-3-7-14)12-23-18(22)16-9-5-4-8-15(16)13-25-19-20-10-11-24-19/h1-9H,10-13H2. The number of thioether (sulfide) groups is 2. The van der Waals surface area contributed by atoms with E-state index in [2.05, 4.69) is 4.99 Å². The van der Waals surface area contributed by atoms with Crippen LogP contribution in [0.5, 0.6) is 0 Å². The summed E-state index contributed by atoms with van der Waals surface area (Å²) in [6, 6.07) is 16.1. The predicted molar refractivity (Wildman–Crippen MR) is 104 cm³/mol. The fourth-order valence-electron chi connectivity index (χ4n) is 2.30.